The second-order valence-corrected chi connectivity index (χ2v) is 6.36. The lowest BCUT2D eigenvalue weighted by Gasteiger charge is -2.09. The summed E-state index contributed by atoms with van der Waals surface area (Å²) < 4.78 is 28.1. The zero-order valence-corrected chi connectivity index (χ0v) is 15.1. The highest BCUT2D eigenvalue weighted by atomic mass is 35.5. The van der Waals surface area contributed by atoms with Crippen molar-refractivity contribution in [2.45, 2.75) is 6.55 Å². The Hall–Kier alpha value is -3.32. The van der Waals surface area contributed by atoms with Crippen molar-refractivity contribution in [1.29, 1.82) is 0 Å². The molecule has 0 aliphatic heterocycles. The van der Waals surface area contributed by atoms with Crippen molar-refractivity contribution in [3.05, 3.63) is 77.6 Å². The number of alkyl halides is 2. The van der Waals surface area contributed by atoms with Crippen LogP contribution in [0.3, 0.4) is 0 Å². The van der Waals surface area contributed by atoms with E-state index in [0.29, 0.717) is 33.0 Å². The van der Waals surface area contributed by atoms with Crippen molar-refractivity contribution in [2.75, 3.05) is 5.32 Å². The van der Waals surface area contributed by atoms with E-state index in [1.807, 2.05) is 0 Å². The molecule has 0 bridgehead atoms. The molecule has 8 heteroatoms. The van der Waals surface area contributed by atoms with Crippen LogP contribution in [0.25, 0.3) is 22.4 Å². The maximum Gasteiger partial charge on any atom is 0.320 e. The number of rotatable bonds is 4. The summed E-state index contributed by atoms with van der Waals surface area (Å²) in [6.45, 7) is -2.72. The number of pyridine rings is 1. The number of para-hydroxylation sites is 2. The van der Waals surface area contributed by atoms with E-state index in [4.69, 9.17) is 11.6 Å². The Kier molecular flexibility index (Phi) is 4.75. The largest absolute Gasteiger partial charge is 0.322 e. The van der Waals surface area contributed by atoms with E-state index in [2.05, 4.69) is 15.3 Å². The number of fused-ring (bicyclic) bond motifs is 1. The summed E-state index contributed by atoms with van der Waals surface area (Å²) in [6, 6.07) is 16.3. The maximum atomic E-state index is 13.6. The number of nitrogens with one attached hydrogen (secondary N) is 1. The number of benzene rings is 2. The van der Waals surface area contributed by atoms with Gasteiger partial charge in [0.25, 0.3) is 5.91 Å². The van der Waals surface area contributed by atoms with E-state index in [-0.39, 0.29) is 11.7 Å². The molecule has 0 fully saturated rings. The maximum absolute atomic E-state index is 13.6. The van der Waals surface area contributed by atoms with Gasteiger partial charge in [-0.05, 0) is 48.5 Å². The number of imidazole rings is 1. The molecule has 5 nitrogen and oxygen atoms in total. The highest BCUT2D eigenvalue weighted by Crippen LogP contribution is 2.30. The number of halogens is 3. The van der Waals surface area contributed by atoms with Crippen LogP contribution in [-0.2, 0) is 0 Å². The highest BCUT2D eigenvalue weighted by molar-refractivity contribution is 6.29. The number of anilines is 1. The minimum atomic E-state index is -2.72. The molecule has 0 unspecified atom stereocenters. The van der Waals surface area contributed by atoms with Gasteiger partial charge in [-0.25, -0.2) is 9.97 Å². The molecule has 4 rings (SSSR count). The first kappa shape index (κ1) is 18.1. The fraction of sp³-hybridized carbons (Fsp3) is 0.0500. The lowest BCUT2D eigenvalue weighted by Crippen LogP contribution is -2.12. The molecule has 0 aliphatic carbocycles. The quantitative estimate of drug-likeness (QED) is 0.468. The van der Waals surface area contributed by atoms with E-state index in [9.17, 15) is 13.6 Å². The molecule has 0 radical (unpaired) electrons. The van der Waals surface area contributed by atoms with E-state index < -0.39 is 6.55 Å². The molecule has 1 N–H and O–H groups in total. The number of amides is 1. The van der Waals surface area contributed by atoms with Gasteiger partial charge >= 0.3 is 6.55 Å². The average Bonchev–Trinajstić information content (AvgIpc) is 3.09. The standard InChI is InChI=1S/C20H13ClF2N4O/c21-17-10-7-13(11-24-17)19(28)25-14-8-5-12(6-9-14)18-26-15-3-1-2-4-16(15)27(18)20(22)23/h1-11,20H,(H,25,28). The molecule has 0 saturated carbocycles. The minimum Gasteiger partial charge on any atom is -0.322 e. The van der Waals surface area contributed by atoms with Crippen molar-refractivity contribution < 1.29 is 13.6 Å². The van der Waals surface area contributed by atoms with Crippen LogP contribution in [-0.4, -0.2) is 20.4 Å². The Morgan fingerprint density at radius 2 is 1.79 bits per heavy atom. The van der Waals surface area contributed by atoms with E-state index in [1.54, 1.807) is 54.6 Å². The average molecular weight is 399 g/mol. The van der Waals surface area contributed by atoms with Crippen LogP contribution >= 0.6 is 11.6 Å². The third kappa shape index (κ3) is 3.44. The van der Waals surface area contributed by atoms with Crippen molar-refractivity contribution in [1.82, 2.24) is 14.5 Å². The topological polar surface area (TPSA) is 59.8 Å². The van der Waals surface area contributed by atoms with Crippen LogP contribution in [0.15, 0.2) is 66.9 Å². The Balaban J connectivity index is 1.62. The number of aromatic nitrogens is 3. The monoisotopic (exact) mass is 398 g/mol. The number of nitrogens with zero attached hydrogens (tertiary/aromatic N) is 3. The fourth-order valence-electron chi connectivity index (χ4n) is 2.86. The lowest BCUT2D eigenvalue weighted by atomic mass is 10.2. The van der Waals surface area contributed by atoms with Gasteiger partial charge < -0.3 is 5.32 Å². The van der Waals surface area contributed by atoms with Gasteiger partial charge in [0, 0.05) is 17.4 Å². The van der Waals surface area contributed by atoms with Gasteiger partial charge in [-0.3, -0.25) is 9.36 Å². The molecule has 2 aromatic carbocycles. The van der Waals surface area contributed by atoms with Crippen molar-refractivity contribution >= 4 is 34.2 Å². The number of hydrogen-bond acceptors (Lipinski definition) is 3. The van der Waals surface area contributed by atoms with Crippen LogP contribution in [0.2, 0.25) is 5.15 Å². The summed E-state index contributed by atoms with van der Waals surface area (Å²) in [7, 11) is 0. The Bertz CT molecular complexity index is 1140. The number of carbonyl (C=O) groups is 1. The molecule has 2 aromatic heterocycles. The summed E-state index contributed by atoms with van der Waals surface area (Å²) in [5, 5.41) is 3.02. The van der Waals surface area contributed by atoms with Gasteiger partial charge in [0.1, 0.15) is 11.0 Å². The second kappa shape index (κ2) is 7.36. The summed E-state index contributed by atoms with van der Waals surface area (Å²) in [4.78, 5) is 20.4. The van der Waals surface area contributed by atoms with Crippen LogP contribution in [0.1, 0.15) is 16.9 Å². The van der Waals surface area contributed by atoms with Gasteiger partial charge in [0.05, 0.1) is 16.6 Å². The molecular weight excluding hydrogens is 386 g/mol. The predicted molar refractivity (Wildman–Crippen MR) is 104 cm³/mol. The molecule has 28 heavy (non-hydrogen) atoms. The number of hydrogen-bond donors (Lipinski definition) is 1. The minimum absolute atomic E-state index is 0.163. The molecular formula is C20H13ClF2N4O. The molecule has 2 heterocycles. The van der Waals surface area contributed by atoms with Crippen LogP contribution in [0.4, 0.5) is 14.5 Å². The fourth-order valence-corrected chi connectivity index (χ4v) is 2.97. The number of carbonyl (C=O) groups excluding carboxylic acids is 1. The zero-order valence-electron chi connectivity index (χ0n) is 14.3. The SMILES string of the molecule is O=C(Nc1ccc(-c2nc3ccccc3n2C(F)F)cc1)c1ccc(Cl)nc1. The van der Waals surface area contributed by atoms with Crippen molar-refractivity contribution in [2.24, 2.45) is 0 Å². The first-order valence-electron chi connectivity index (χ1n) is 8.31. The van der Waals surface area contributed by atoms with Gasteiger partial charge in [0.2, 0.25) is 0 Å². The van der Waals surface area contributed by atoms with E-state index in [1.165, 1.54) is 12.3 Å². The highest BCUT2D eigenvalue weighted by Gasteiger charge is 2.18. The zero-order chi connectivity index (χ0) is 19.7. The normalized spacial score (nSPS) is 11.1. The summed E-state index contributed by atoms with van der Waals surface area (Å²) in [5.41, 5.74) is 2.24. The van der Waals surface area contributed by atoms with Crippen LogP contribution < -0.4 is 5.32 Å². The van der Waals surface area contributed by atoms with Gasteiger partial charge in [-0.2, -0.15) is 8.78 Å². The Morgan fingerprint density at radius 3 is 2.46 bits per heavy atom. The van der Waals surface area contributed by atoms with Crippen molar-refractivity contribution in [3.8, 4) is 11.4 Å². The second-order valence-electron chi connectivity index (χ2n) is 5.97. The summed E-state index contributed by atoms with van der Waals surface area (Å²) >= 11 is 5.71. The third-order valence-electron chi connectivity index (χ3n) is 4.18. The lowest BCUT2D eigenvalue weighted by molar-refractivity contribution is 0.0764. The predicted octanol–water partition coefficient (Wildman–Crippen LogP) is 5.40. The molecule has 4 aromatic rings. The molecule has 0 spiro atoms. The van der Waals surface area contributed by atoms with E-state index in [0.717, 1.165) is 4.57 Å². The van der Waals surface area contributed by atoms with Gasteiger partial charge in [-0.1, -0.05) is 23.7 Å². The molecule has 1 amide bonds. The van der Waals surface area contributed by atoms with Crippen molar-refractivity contribution in [3.63, 3.8) is 0 Å². The molecule has 0 saturated heterocycles. The first-order chi connectivity index (χ1) is 13.5. The molecule has 0 atom stereocenters. The van der Waals surface area contributed by atoms with Crippen LogP contribution in [0, 0.1) is 0 Å². The molecule has 140 valence electrons. The molecule has 0 aliphatic rings. The van der Waals surface area contributed by atoms with Gasteiger partial charge in [-0.15, -0.1) is 0 Å². The summed E-state index contributed by atoms with van der Waals surface area (Å²) in [6.07, 6.45) is 1.37. The first-order valence-corrected chi connectivity index (χ1v) is 8.69. The Labute approximate surface area is 163 Å². The smallest absolute Gasteiger partial charge is 0.320 e. The Morgan fingerprint density at radius 1 is 1.04 bits per heavy atom. The van der Waals surface area contributed by atoms with Gasteiger partial charge in [0.15, 0.2) is 0 Å². The van der Waals surface area contributed by atoms with E-state index >= 15 is 0 Å². The third-order valence-corrected chi connectivity index (χ3v) is 4.41. The van der Waals surface area contributed by atoms with Crippen LogP contribution in [0.5, 0.6) is 0 Å². The summed E-state index contributed by atoms with van der Waals surface area (Å²) in [5.74, 6) is -0.187.